The summed E-state index contributed by atoms with van der Waals surface area (Å²) in [6, 6.07) is 12.1. The maximum Gasteiger partial charge on any atom is 0.147 e. The van der Waals surface area contributed by atoms with E-state index in [1.807, 2.05) is 31.2 Å². The van der Waals surface area contributed by atoms with Gasteiger partial charge in [0.1, 0.15) is 5.82 Å². The maximum atomic E-state index is 13.3. The van der Waals surface area contributed by atoms with Crippen LogP contribution >= 0.6 is 0 Å². The molecule has 0 heterocycles. The van der Waals surface area contributed by atoms with Crippen molar-refractivity contribution >= 4 is 16.5 Å². The molecule has 0 radical (unpaired) electrons. The smallest absolute Gasteiger partial charge is 0.147 e. The summed E-state index contributed by atoms with van der Waals surface area (Å²) < 4.78 is 25.3. The highest BCUT2D eigenvalue weighted by Crippen LogP contribution is 2.17. The Kier molecular flexibility index (Phi) is 3.77. The lowest BCUT2D eigenvalue weighted by Gasteiger charge is -2.04. The third-order valence-electron chi connectivity index (χ3n) is 2.65. The van der Waals surface area contributed by atoms with E-state index in [-0.39, 0.29) is 5.69 Å². The standard InChI is InChI=1S/C14H14FNOS/c1-10-2-4-11(5-3-10)9-18(17)12-6-7-14(16)13(15)8-12/h2-8H,9,16H2,1H3. The van der Waals surface area contributed by atoms with Crippen molar-refractivity contribution in [1.82, 2.24) is 0 Å². The zero-order valence-electron chi connectivity index (χ0n) is 10.0. The van der Waals surface area contributed by atoms with Crippen molar-refractivity contribution in [2.24, 2.45) is 0 Å². The Labute approximate surface area is 108 Å². The summed E-state index contributed by atoms with van der Waals surface area (Å²) in [5, 5.41) is 0. The number of rotatable bonds is 3. The van der Waals surface area contributed by atoms with Crippen LogP contribution in [-0.2, 0) is 16.6 Å². The first-order chi connectivity index (χ1) is 8.56. The van der Waals surface area contributed by atoms with Gasteiger partial charge in [-0.3, -0.25) is 4.21 Å². The first-order valence-corrected chi connectivity index (χ1v) is 6.87. The number of aryl methyl sites for hydroxylation is 1. The Hall–Kier alpha value is -1.68. The SMILES string of the molecule is Cc1ccc(CS(=O)c2ccc(N)c(F)c2)cc1. The van der Waals surface area contributed by atoms with Crippen molar-refractivity contribution in [2.45, 2.75) is 17.6 Å². The van der Waals surface area contributed by atoms with Crippen LogP contribution in [0.5, 0.6) is 0 Å². The average molecular weight is 263 g/mol. The van der Waals surface area contributed by atoms with Crippen molar-refractivity contribution < 1.29 is 8.60 Å². The molecule has 2 N–H and O–H groups in total. The van der Waals surface area contributed by atoms with E-state index in [9.17, 15) is 8.60 Å². The number of hydrogen-bond acceptors (Lipinski definition) is 2. The van der Waals surface area contributed by atoms with Gasteiger partial charge in [-0.25, -0.2) is 4.39 Å². The van der Waals surface area contributed by atoms with Crippen LogP contribution in [0.25, 0.3) is 0 Å². The molecular formula is C14H14FNOS. The molecule has 0 aromatic heterocycles. The molecule has 0 aliphatic carbocycles. The minimum atomic E-state index is -1.26. The first kappa shape index (κ1) is 12.8. The van der Waals surface area contributed by atoms with Crippen LogP contribution in [0.2, 0.25) is 0 Å². The number of halogens is 1. The molecule has 2 aromatic rings. The predicted molar refractivity (Wildman–Crippen MR) is 72.1 cm³/mol. The summed E-state index contributed by atoms with van der Waals surface area (Å²) in [5.41, 5.74) is 7.58. The highest BCUT2D eigenvalue weighted by molar-refractivity contribution is 7.84. The van der Waals surface area contributed by atoms with Gasteiger partial charge in [0.25, 0.3) is 0 Å². The van der Waals surface area contributed by atoms with Gasteiger partial charge in [0, 0.05) is 4.90 Å². The molecule has 0 saturated carbocycles. The zero-order valence-corrected chi connectivity index (χ0v) is 10.8. The average Bonchev–Trinajstić information content (AvgIpc) is 2.35. The van der Waals surface area contributed by atoms with Crippen molar-refractivity contribution in [2.75, 3.05) is 5.73 Å². The fraction of sp³-hybridized carbons (Fsp3) is 0.143. The molecule has 0 bridgehead atoms. The Balaban J connectivity index is 2.16. The van der Waals surface area contributed by atoms with Gasteiger partial charge >= 0.3 is 0 Å². The largest absolute Gasteiger partial charge is 0.396 e. The number of anilines is 1. The van der Waals surface area contributed by atoms with E-state index in [4.69, 9.17) is 5.73 Å². The molecule has 1 unspecified atom stereocenters. The van der Waals surface area contributed by atoms with Gasteiger partial charge in [-0.2, -0.15) is 0 Å². The van der Waals surface area contributed by atoms with Gasteiger partial charge in [-0.05, 0) is 30.7 Å². The molecule has 94 valence electrons. The fourth-order valence-electron chi connectivity index (χ4n) is 1.57. The van der Waals surface area contributed by atoms with Crippen LogP contribution in [0.1, 0.15) is 11.1 Å². The van der Waals surface area contributed by atoms with Crippen LogP contribution in [0.4, 0.5) is 10.1 Å². The Morgan fingerprint density at radius 3 is 2.44 bits per heavy atom. The topological polar surface area (TPSA) is 43.1 Å². The van der Waals surface area contributed by atoms with Crippen molar-refractivity contribution in [1.29, 1.82) is 0 Å². The van der Waals surface area contributed by atoms with Crippen LogP contribution < -0.4 is 5.73 Å². The molecule has 0 amide bonds. The normalized spacial score (nSPS) is 12.3. The van der Waals surface area contributed by atoms with Gasteiger partial charge in [0.15, 0.2) is 0 Å². The Morgan fingerprint density at radius 1 is 1.17 bits per heavy atom. The first-order valence-electron chi connectivity index (χ1n) is 5.55. The van der Waals surface area contributed by atoms with Crippen LogP contribution in [0, 0.1) is 12.7 Å². The number of nitrogen functional groups attached to an aromatic ring is 1. The second-order valence-corrected chi connectivity index (χ2v) is 5.61. The molecular weight excluding hydrogens is 249 g/mol. The summed E-state index contributed by atoms with van der Waals surface area (Å²) in [7, 11) is -1.26. The fourth-order valence-corrected chi connectivity index (χ4v) is 2.69. The van der Waals surface area contributed by atoms with Crippen molar-refractivity contribution in [3.63, 3.8) is 0 Å². The quantitative estimate of drug-likeness (QED) is 0.865. The van der Waals surface area contributed by atoms with E-state index in [0.717, 1.165) is 11.1 Å². The lowest BCUT2D eigenvalue weighted by Crippen LogP contribution is -1.99. The van der Waals surface area contributed by atoms with Crippen LogP contribution in [-0.4, -0.2) is 4.21 Å². The highest BCUT2D eigenvalue weighted by Gasteiger charge is 2.08. The second kappa shape index (κ2) is 5.31. The minimum Gasteiger partial charge on any atom is -0.396 e. The molecule has 0 fully saturated rings. The number of benzene rings is 2. The van der Waals surface area contributed by atoms with Gasteiger partial charge < -0.3 is 5.73 Å². The summed E-state index contributed by atoms with van der Waals surface area (Å²) in [6.45, 7) is 2.00. The van der Waals surface area contributed by atoms with Gasteiger partial charge in [-0.15, -0.1) is 0 Å². The van der Waals surface area contributed by atoms with Gasteiger partial charge in [0.05, 0.1) is 22.2 Å². The second-order valence-electron chi connectivity index (χ2n) is 4.16. The molecule has 2 nitrogen and oxygen atoms in total. The Bertz CT molecular complexity index is 581. The summed E-state index contributed by atoms with van der Waals surface area (Å²) in [6.07, 6.45) is 0. The summed E-state index contributed by atoms with van der Waals surface area (Å²) in [4.78, 5) is 0.460. The number of nitrogens with two attached hydrogens (primary N) is 1. The van der Waals surface area contributed by atoms with E-state index in [1.54, 1.807) is 6.07 Å². The monoisotopic (exact) mass is 263 g/mol. The molecule has 1 atom stereocenters. The molecule has 0 aliphatic heterocycles. The van der Waals surface area contributed by atoms with E-state index in [1.165, 1.54) is 12.1 Å². The van der Waals surface area contributed by atoms with Crippen molar-refractivity contribution in [3.8, 4) is 0 Å². The van der Waals surface area contributed by atoms with E-state index < -0.39 is 16.6 Å². The summed E-state index contributed by atoms with van der Waals surface area (Å²) in [5.74, 6) is -0.145. The third kappa shape index (κ3) is 2.96. The molecule has 2 rings (SSSR count). The van der Waals surface area contributed by atoms with Gasteiger partial charge in [0.2, 0.25) is 0 Å². The maximum absolute atomic E-state index is 13.3. The van der Waals surface area contributed by atoms with E-state index in [2.05, 4.69) is 0 Å². The number of hydrogen-bond donors (Lipinski definition) is 1. The molecule has 0 saturated heterocycles. The molecule has 0 spiro atoms. The van der Waals surface area contributed by atoms with E-state index in [0.29, 0.717) is 10.6 Å². The van der Waals surface area contributed by atoms with Crippen LogP contribution in [0.3, 0.4) is 0 Å². The highest BCUT2D eigenvalue weighted by atomic mass is 32.2. The molecule has 0 aliphatic rings. The molecule has 2 aromatic carbocycles. The minimum absolute atomic E-state index is 0.0751. The van der Waals surface area contributed by atoms with E-state index >= 15 is 0 Å². The lowest BCUT2D eigenvalue weighted by molar-refractivity contribution is 0.627. The molecule has 4 heteroatoms. The predicted octanol–water partition coefficient (Wildman–Crippen LogP) is 3.02. The lowest BCUT2D eigenvalue weighted by atomic mass is 10.2. The molecule has 18 heavy (non-hydrogen) atoms. The van der Waals surface area contributed by atoms with Gasteiger partial charge in [-0.1, -0.05) is 29.8 Å². The third-order valence-corrected chi connectivity index (χ3v) is 4.03. The van der Waals surface area contributed by atoms with Crippen molar-refractivity contribution in [3.05, 3.63) is 59.4 Å². The van der Waals surface area contributed by atoms with Crippen LogP contribution in [0.15, 0.2) is 47.4 Å². The summed E-state index contributed by atoms with van der Waals surface area (Å²) >= 11 is 0. The Morgan fingerprint density at radius 2 is 1.83 bits per heavy atom. The zero-order chi connectivity index (χ0) is 13.1.